The molecule has 2 rings (SSSR count). The van der Waals surface area contributed by atoms with Crippen molar-refractivity contribution in [2.45, 2.75) is 13.8 Å². The molecule has 16 heavy (non-hydrogen) atoms. The van der Waals surface area contributed by atoms with Crippen molar-refractivity contribution in [1.29, 1.82) is 5.26 Å². The molecule has 2 aromatic rings. The van der Waals surface area contributed by atoms with E-state index >= 15 is 0 Å². The fourth-order valence-electron chi connectivity index (χ4n) is 2.04. The maximum atomic E-state index is 9.11. The molecule has 0 aliphatic rings. The molecule has 2 aromatic carbocycles. The third kappa shape index (κ3) is 1.70. The van der Waals surface area contributed by atoms with E-state index in [4.69, 9.17) is 5.26 Å². The van der Waals surface area contributed by atoms with Crippen LogP contribution in [0.25, 0.3) is 11.1 Å². The van der Waals surface area contributed by atoms with Crippen LogP contribution in [0.4, 0.5) is 0 Å². The van der Waals surface area contributed by atoms with Crippen LogP contribution in [0, 0.1) is 25.2 Å². The van der Waals surface area contributed by atoms with Gasteiger partial charge in [-0.2, -0.15) is 5.26 Å². The summed E-state index contributed by atoms with van der Waals surface area (Å²) < 4.78 is 0. The predicted molar refractivity (Wildman–Crippen MR) is 66.1 cm³/mol. The Morgan fingerprint density at radius 3 is 2.12 bits per heavy atom. The lowest BCUT2D eigenvalue weighted by Gasteiger charge is -2.10. The number of nitriles is 1. The SMILES string of the molecule is Cc1cccc(C)c1-c1ccccc1C#N. The number of hydrogen-bond acceptors (Lipinski definition) is 1. The van der Waals surface area contributed by atoms with Gasteiger partial charge in [0.25, 0.3) is 0 Å². The van der Waals surface area contributed by atoms with Gasteiger partial charge in [0.15, 0.2) is 0 Å². The van der Waals surface area contributed by atoms with Crippen LogP contribution in [0.15, 0.2) is 42.5 Å². The van der Waals surface area contributed by atoms with Gasteiger partial charge in [0.2, 0.25) is 0 Å². The molecule has 1 nitrogen and oxygen atoms in total. The molecule has 0 bridgehead atoms. The van der Waals surface area contributed by atoms with E-state index in [2.05, 4.69) is 32.0 Å². The molecule has 0 amide bonds. The Bertz CT molecular complexity index is 542. The van der Waals surface area contributed by atoms with Crippen molar-refractivity contribution in [2.75, 3.05) is 0 Å². The highest BCUT2D eigenvalue weighted by Gasteiger charge is 2.08. The Kier molecular flexibility index (Phi) is 2.74. The van der Waals surface area contributed by atoms with Crippen LogP contribution in [0.2, 0.25) is 0 Å². The topological polar surface area (TPSA) is 23.8 Å². The maximum Gasteiger partial charge on any atom is 0.0998 e. The third-order valence-corrected chi connectivity index (χ3v) is 2.80. The molecular weight excluding hydrogens is 194 g/mol. The summed E-state index contributed by atoms with van der Waals surface area (Å²) in [5.74, 6) is 0. The second-order valence-electron chi connectivity index (χ2n) is 3.92. The monoisotopic (exact) mass is 207 g/mol. The highest BCUT2D eigenvalue weighted by atomic mass is 14.2. The highest BCUT2D eigenvalue weighted by Crippen LogP contribution is 2.29. The smallest absolute Gasteiger partial charge is 0.0998 e. The maximum absolute atomic E-state index is 9.11. The lowest BCUT2D eigenvalue weighted by atomic mass is 9.93. The molecule has 0 unspecified atom stereocenters. The number of rotatable bonds is 1. The second kappa shape index (κ2) is 4.20. The molecule has 0 heterocycles. The molecule has 0 saturated carbocycles. The van der Waals surface area contributed by atoms with Crippen LogP contribution in [-0.2, 0) is 0 Å². The highest BCUT2D eigenvalue weighted by molar-refractivity contribution is 5.75. The molecular formula is C15H13N. The minimum Gasteiger partial charge on any atom is -0.192 e. The summed E-state index contributed by atoms with van der Waals surface area (Å²) in [6.07, 6.45) is 0. The van der Waals surface area contributed by atoms with E-state index in [0.717, 1.165) is 11.1 Å². The number of hydrogen-bond donors (Lipinski definition) is 0. The van der Waals surface area contributed by atoms with Crippen molar-refractivity contribution in [3.05, 3.63) is 59.2 Å². The quantitative estimate of drug-likeness (QED) is 0.697. The van der Waals surface area contributed by atoms with Crippen molar-refractivity contribution >= 4 is 0 Å². The summed E-state index contributed by atoms with van der Waals surface area (Å²) in [6, 6.07) is 16.2. The third-order valence-electron chi connectivity index (χ3n) is 2.80. The van der Waals surface area contributed by atoms with E-state index in [1.807, 2.05) is 30.3 Å². The zero-order chi connectivity index (χ0) is 11.5. The van der Waals surface area contributed by atoms with Gasteiger partial charge in [-0.25, -0.2) is 0 Å². The average Bonchev–Trinajstić information content (AvgIpc) is 2.29. The summed E-state index contributed by atoms with van der Waals surface area (Å²) in [4.78, 5) is 0. The Morgan fingerprint density at radius 2 is 1.50 bits per heavy atom. The van der Waals surface area contributed by atoms with Crippen molar-refractivity contribution in [3.8, 4) is 17.2 Å². The van der Waals surface area contributed by atoms with E-state index in [0.29, 0.717) is 0 Å². The van der Waals surface area contributed by atoms with Gasteiger partial charge in [-0.1, -0.05) is 36.4 Å². The van der Waals surface area contributed by atoms with Gasteiger partial charge in [0.05, 0.1) is 11.6 Å². The van der Waals surface area contributed by atoms with Crippen molar-refractivity contribution in [2.24, 2.45) is 0 Å². The van der Waals surface area contributed by atoms with Gasteiger partial charge in [-0.05, 0) is 42.2 Å². The van der Waals surface area contributed by atoms with Crippen LogP contribution in [0.5, 0.6) is 0 Å². The minimum absolute atomic E-state index is 0.736. The fraction of sp³-hybridized carbons (Fsp3) is 0.133. The Hall–Kier alpha value is -2.07. The number of nitrogens with zero attached hydrogens (tertiary/aromatic N) is 1. The predicted octanol–water partition coefficient (Wildman–Crippen LogP) is 3.84. The van der Waals surface area contributed by atoms with E-state index in [1.165, 1.54) is 16.7 Å². The standard InChI is InChI=1S/C15H13N/c1-11-6-5-7-12(2)15(11)14-9-4-3-8-13(14)10-16/h3-9H,1-2H3. The molecule has 1 heteroatoms. The molecule has 0 N–H and O–H groups in total. The van der Waals surface area contributed by atoms with Crippen LogP contribution >= 0.6 is 0 Å². The molecule has 0 aromatic heterocycles. The van der Waals surface area contributed by atoms with E-state index in [1.54, 1.807) is 0 Å². The number of aryl methyl sites for hydroxylation is 2. The van der Waals surface area contributed by atoms with Crippen LogP contribution in [-0.4, -0.2) is 0 Å². The molecule has 78 valence electrons. The van der Waals surface area contributed by atoms with Gasteiger partial charge >= 0.3 is 0 Å². The fourth-order valence-corrected chi connectivity index (χ4v) is 2.04. The first kappa shape index (κ1) is 10.4. The lowest BCUT2D eigenvalue weighted by molar-refractivity contribution is 1.37. The summed E-state index contributed by atoms with van der Waals surface area (Å²) in [7, 11) is 0. The molecule has 0 aliphatic heterocycles. The Morgan fingerprint density at radius 1 is 0.875 bits per heavy atom. The molecule has 0 spiro atoms. The van der Waals surface area contributed by atoms with Gasteiger partial charge in [0, 0.05) is 0 Å². The molecule has 0 saturated heterocycles. The Labute approximate surface area is 96.0 Å². The van der Waals surface area contributed by atoms with E-state index in [-0.39, 0.29) is 0 Å². The number of benzene rings is 2. The Balaban J connectivity index is 2.73. The van der Waals surface area contributed by atoms with Crippen LogP contribution in [0.1, 0.15) is 16.7 Å². The van der Waals surface area contributed by atoms with Crippen molar-refractivity contribution in [1.82, 2.24) is 0 Å². The second-order valence-corrected chi connectivity index (χ2v) is 3.92. The van der Waals surface area contributed by atoms with Crippen LogP contribution < -0.4 is 0 Å². The normalized spacial score (nSPS) is 9.81. The first-order valence-electron chi connectivity index (χ1n) is 5.29. The summed E-state index contributed by atoms with van der Waals surface area (Å²) in [5, 5.41) is 9.11. The summed E-state index contributed by atoms with van der Waals surface area (Å²) >= 11 is 0. The van der Waals surface area contributed by atoms with Crippen LogP contribution in [0.3, 0.4) is 0 Å². The first-order chi connectivity index (χ1) is 7.74. The van der Waals surface area contributed by atoms with Gasteiger partial charge < -0.3 is 0 Å². The molecule has 0 fully saturated rings. The van der Waals surface area contributed by atoms with E-state index < -0.39 is 0 Å². The first-order valence-corrected chi connectivity index (χ1v) is 5.29. The van der Waals surface area contributed by atoms with E-state index in [9.17, 15) is 0 Å². The average molecular weight is 207 g/mol. The lowest BCUT2D eigenvalue weighted by Crippen LogP contribution is -1.90. The van der Waals surface area contributed by atoms with Gasteiger partial charge in [-0.15, -0.1) is 0 Å². The van der Waals surface area contributed by atoms with Crippen molar-refractivity contribution in [3.63, 3.8) is 0 Å². The molecule has 0 atom stereocenters. The summed E-state index contributed by atoms with van der Waals surface area (Å²) in [6.45, 7) is 4.16. The van der Waals surface area contributed by atoms with Gasteiger partial charge in [0.1, 0.15) is 0 Å². The molecule has 0 radical (unpaired) electrons. The zero-order valence-electron chi connectivity index (χ0n) is 9.49. The zero-order valence-corrected chi connectivity index (χ0v) is 9.49. The summed E-state index contributed by atoms with van der Waals surface area (Å²) in [5.41, 5.74) is 5.37. The van der Waals surface area contributed by atoms with Crippen molar-refractivity contribution < 1.29 is 0 Å². The minimum atomic E-state index is 0.736. The largest absolute Gasteiger partial charge is 0.192 e. The van der Waals surface area contributed by atoms with Gasteiger partial charge in [-0.3, -0.25) is 0 Å². The molecule has 0 aliphatic carbocycles.